The number of hydrogen-bond acceptors (Lipinski definition) is 7. The van der Waals surface area contributed by atoms with E-state index in [-0.39, 0.29) is 47.4 Å². The number of hydrogen-bond donors (Lipinski definition) is 0. The molecule has 9 nitrogen and oxygen atoms in total. The van der Waals surface area contributed by atoms with Crippen LogP contribution in [0.2, 0.25) is 0 Å². The lowest BCUT2D eigenvalue weighted by molar-refractivity contribution is -0.129. The SMILES string of the molecule is C=CC(=O)N1C[C@@H]2COc3c(c4cc(C)c(-c5c(F)cccc5OC)nc4n(-c4c(C)ccnc4C(C)C)c3=O)N2C[C@H]1C. The van der Waals surface area contributed by atoms with E-state index in [1.54, 1.807) is 27.8 Å². The van der Waals surface area contributed by atoms with Crippen molar-refractivity contribution in [1.82, 2.24) is 19.4 Å². The van der Waals surface area contributed by atoms with E-state index in [9.17, 15) is 9.59 Å². The third-order valence-electron chi connectivity index (χ3n) is 8.64. The smallest absolute Gasteiger partial charge is 0.301 e. The van der Waals surface area contributed by atoms with E-state index in [1.165, 1.54) is 19.3 Å². The molecule has 228 valence electrons. The van der Waals surface area contributed by atoms with Gasteiger partial charge in [-0.15, -0.1) is 0 Å². The summed E-state index contributed by atoms with van der Waals surface area (Å²) >= 11 is 0. The number of nitrogens with zero attached hydrogens (tertiary/aromatic N) is 5. The summed E-state index contributed by atoms with van der Waals surface area (Å²) < 4.78 is 28.8. The average Bonchev–Trinajstić information content (AvgIpc) is 3.00. The number of carbonyl (C=O) groups is 1. The number of piperazine rings is 1. The number of rotatable bonds is 5. The summed E-state index contributed by atoms with van der Waals surface area (Å²) in [6, 6.07) is 8.14. The van der Waals surface area contributed by atoms with Crippen molar-refractivity contribution in [3.63, 3.8) is 0 Å². The van der Waals surface area contributed by atoms with E-state index in [2.05, 4.69) is 16.5 Å². The Bertz CT molecular complexity index is 1880. The maximum absolute atomic E-state index is 15.4. The molecule has 1 fully saturated rings. The van der Waals surface area contributed by atoms with Crippen LogP contribution in [-0.2, 0) is 4.79 Å². The van der Waals surface area contributed by atoms with Crippen molar-refractivity contribution in [2.24, 2.45) is 0 Å². The van der Waals surface area contributed by atoms with Crippen LogP contribution in [0.4, 0.5) is 10.1 Å². The van der Waals surface area contributed by atoms with E-state index >= 15 is 4.39 Å². The predicted octanol–water partition coefficient (Wildman–Crippen LogP) is 5.32. The van der Waals surface area contributed by atoms with Gasteiger partial charge in [0.15, 0.2) is 5.65 Å². The lowest BCUT2D eigenvalue weighted by atomic mass is 9.99. The van der Waals surface area contributed by atoms with Gasteiger partial charge in [-0.05, 0) is 68.2 Å². The minimum Gasteiger partial charge on any atom is -0.496 e. The van der Waals surface area contributed by atoms with Gasteiger partial charge in [-0.25, -0.2) is 9.37 Å². The second kappa shape index (κ2) is 11.1. The molecule has 0 aliphatic carbocycles. The number of benzene rings is 1. The Morgan fingerprint density at radius 1 is 1.18 bits per heavy atom. The van der Waals surface area contributed by atoms with Crippen LogP contribution in [-0.4, -0.2) is 64.2 Å². The summed E-state index contributed by atoms with van der Waals surface area (Å²) in [5.41, 5.74) is 4.12. The number of aromatic nitrogens is 3. The second-order valence-electron chi connectivity index (χ2n) is 11.8. The van der Waals surface area contributed by atoms with Gasteiger partial charge in [0, 0.05) is 30.7 Å². The van der Waals surface area contributed by atoms with Crippen LogP contribution in [0.3, 0.4) is 0 Å². The van der Waals surface area contributed by atoms with E-state index in [0.717, 1.165) is 11.3 Å². The van der Waals surface area contributed by atoms with Crippen LogP contribution >= 0.6 is 0 Å². The van der Waals surface area contributed by atoms with Crippen molar-refractivity contribution >= 4 is 22.6 Å². The standard InChI is InChI=1S/C34H36FN5O4/c1-8-26(41)38-16-22-17-44-32-31(39(22)15-21(38)6)23-14-20(5)29(27-24(35)10-9-11-25(27)43-7)37-33(23)40(34(32)42)30-19(4)12-13-36-28(30)18(2)3/h8-14,18,21-22H,1,15-17H2,2-7H3/t21-,22-/m1/s1. The number of carbonyl (C=O) groups excluding carboxylic acids is 1. The molecule has 3 aromatic heterocycles. The molecule has 0 unspecified atom stereocenters. The molecule has 6 rings (SSSR count). The summed E-state index contributed by atoms with van der Waals surface area (Å²) in [6.45, 7) is 14.6. The molecular weight excluding hydrogens is 561 g/mol. The first-order valence-electron chi connectivity index (χ1n) is 14.8. The fourth-order valence-corrected chi connectivity index (χ4v) is 6.49. The number of aryl methyl sites for hydroxylation is 2. The fraction of sp³-hybridized carbons (Fsp3) is 0.353. The van der Waals surface area contributed by atoms with Gasteiger partial charge in [0.05, 0.1) is 41.5 Å². The highest BCUT2D eigenvalue weighted by Gasteiger charge is 2.41. The van der Waals surface area contributed by atoms with Crippen LogP contribution in [0.1, 0.15) is 43.5 Å². The number of amides is 1. The maximum atomic E-state index is 15.4. The summed E-state index contributed by atoms with van der Waals surface area (Å²) in [7, 11) is 1.49. The lowest BCUT2D eigenvalue weighted by Crippen LogP contribution is -2.62. The molecule has 5 heterocycles. The Balaban J connectivity index is 1.71. The van der Waals surface area contributed by atoms with Crippen molar-refractivity contribution in [3.05, 3.63) is 82.2 Å². The van der Waals surface area contributed by atoms with Crippen LogP contribution in [0.25, 0.3) is 28.0 Å². The highest BCUT2D eigenvalue weighted by atomic mass is 19.1. The summed E-state index contributed by atoms with van der Waals surface area (Å²) in [5, 5.41) is 0.689. The second-order valence-corrected chi connectivity index (χ2v) is 11.8. The normalized spacial score (nSPS) is 17.7. The molecule has 10 heteroatoms. The minimum absolute atomic E-state index is 0.00101. The first-order chi connectivity index (χ1) is 21.1. The molecule has 44 heavy (non-hydrogen) atoms. The molecule has 0 bridgehead atoms. The van der Waals surface area contributed by atoms with Gasteiger partial charge in [-0.2, -0.15) is 0 Å². The quantitative estimate of drug-likeness (QED) is 0.288. The Morgan fingerprint density at radius 2 is 1.95 bits per heavy atom. The van der Waals surface area contributed by atoms with Crippen LogP contribution < -0.4 is 19.9 Å². The van der Waals surface area contributed by atoms with Gasteiger partial charge >= 0.3 is 5.56 Å². The van der Waals surface area contributed by atoms with Gasteiger partial charge in [0.2, 0.25) is 11.7 Å². The molecule has 1 aromatic carbocycles. The Labute approximate surface area is 255 Å². The van der Waals surface area contributed by atoms with Gasteiger partial charge in [-0.1, -0.05) is 26.5 Å². The number of halogens is 1. The van der Waals surface area contributed by atoms with Crippen molar-refractivity contribution < 1.29 is 18.7 Å². The average molecular weight is 598 g/mol. The van der Waals surface area contributed by atoms with E-state index < -0.39 is 5.82 Å². The molecule has 0 radical (unpaired) electrons. The van der Waals surface area contributed by atoms with Crippen molar-refractivity contribution in [2.75, 3.05) is 31.7 Å². The molecule has 2 atom stereocenters. The third-order valence-corrected chi connectivity index (χ3v) is 8.64. The molecule has 1 saturated heterocycles. The zero-order valence-electron chi connectivity index (χ0n) is 25.8. The molecule has 2 aliphatic rings. The molecule has 0 saturated carbocycles. The lowest BCUT2D eigenvalue weighted by Gasteiger charge is -2.48. The highest BCUT2D eigenvalue weighted by Crippen LogP contribution is 2.43. The van der Waals surface area contributed by atoms with Crippen LogP contribution in [0.5, 0.6) is 11.5 Å². The monoisotopic (exact) mass is 597 g/mol. The Kier molecular flexibility index (Phi) is 7.39. The molecule has 2 aliphatic heterocycles. The van der Waals surface area contributed by atoms with E-state index in [0.29, 0.717) is 52.5 Å². The number of anilines is 1. The van der Waals surface area contributed by atoms with Gasteiger partial charge in [0.1, 0.15) is 18.2 Å². The predicted molar refractivity (Wildman–Crippen MR) is 169 cm³/mol. The van der Waals surface area contributed by atoms with E-state index in [1.807, 2.05) is 46.8 Å². The van der Waals surface area contributed by atoms with Gasteiger partial charge in [-0.3, -0.25) is 19.1 Å². The van der Waals surface area contributed by atoms with Gasteiger partial charge < -0.3 is 19.3 Å². The number of fused-ring (bicyclic) bond motifs is 5. The van der Waals surface area contributed by atoms with Crippen LogP contribution in [0, 0.1) is 19.7 Å². The van der Waals surface area contributed by atoms with Gasteiger partial charge in [0.25, 0.3) is 0 Å². The van der Waals surface area contributed by atoms with Crippen molar-refractivity contribution in [3.8, 4) is 28.4 Å². The Hall–Kier alpha value is -4.73. The topological polar surface area (TPSA) is 89.8 Å². The third kappa shape index (κ3) is 4.51. The van der Waals surface area contributed by atoms with Crippen molar-refractivity contribution in [1.29, 1.82) is 0 Å². The fourth-order valence-electron chi connectivity index (χ4n) is 6.49. The summed E-state index contributed by atoms with van der Waals surface area (Å²) in [5.74, 6) is -0.0577. The zero-order valence-corrected chi connectivity index (χ0v) is 25.8. The van der Waals surface area contributed by atoms with Crippen LogP contribution in [0.15, 0.2) is 54.0 Å². The number of ether oxygens (including phenoxy) is 2. The minimum atomic E-state index is -0.480. The zero-order chi connectivity index (χ0) is 31.4. The first kappa shape index (κ1) is 29.3. The summed E-state index contributed by atoms with van der Waals surface area (Å²) in [6.07, 6.45) is 3.06. The molecule has 0 spiro atoms. The maximum Gasteiger partial charge on any atom is 0.301 e. The largest absolute Gasteiger partial charge is 0.496 e. The first-order valence-corrected chi connectivity index (χ1v) is 14.8. The molecular formula is C34H36FN5O4. The number of methoxy groups -OCH3 is 1. The highest BCUT2D eigenvalue weighted by molar-refractivity contribution is 5.97. The Morgan fingerprint density at radius 3 is 2.66 bits per heavy atom. The molecule has 0 N–H and O–H groups in total. The summed E-state index contributed by atoms with van der Waals surface area (Å²) in [4.78, 5) is 40.9. The number of pyridine rings is 3. The van der Waals surface area contributed by atoms with Crippen molar-refractivity contribution in [2.45, 2.75) is 52.6 Å². The molecule has 4 aromatic rings. The van der Waals surface area contributed by atoms with E-state index in [4.69, 9.17) is 14.5 Å². The molecule has 1 amide bonds.